The molecule has 1 aliphatic carbocycles. The number of aromatic nitrogens is 3. The predicted octanol–water partition coefficient (Wildman–Crippen LogP) is 13.8. The maximum atomic E-state index is 6.94. The van der Waals surface area contributed by atoms with E-state index in [-0.39, 0.29) is 11.8 Å². The molecule has 0 radical (unpaired) electrons. The number of furan rings is 2. The number of allylic oxidation sites excluding steroid dienone is 1. The number of fused-ring (bicyclic) bond motifs is 12. The van der Waals surface area contributed by atoms with Crippen molar-refractivity contribution in [2.75, 3.05) is 0 Å². The number of rotatable bonds is 4. The summed E-state index contributed by atoms with van der Waals surface area (Å²) in [6.07, 6.45) is 4.55. The predicted molar refractivity (Wildman–Crippen MR) is 232 cm³/mol. The second-order valence-electron chi connectivity index (χ2n) is 15.1. The van der Waals surface area contributed by atoms with Crippen LogP contribution < -0.4 is 0 Å². The van der Waals surface area contributed by atoms with Gasteiger partial charge in [-0.3, -0.25) is 0 Å². The van der Waals surface area contributed by atoms with Crippen molar-refractivity contribution in [3.63, 3.8) is 0 Å². The molecule has 11 aromatic rings. The Morgan fingerprint density at radius 2 is 1.05 bits per heavy atom. The Morgan fingerprint density at radius 1 is 0.439 bits per heavy atom. The molecule has 5 heteroatoms. The molecule has 0 saturated heterocycles. The van der Waals surface area contributed by atoms with Gasteiger partial charge in [0.1, 0.15) is 22.5 Å². The van der Waals surface area contributed by atoms with E-state index >= 15 is 0 Å². The normalized spacial score (nSPS) is 15.4. The Kier molecular flexibility index (Phi) is 6.90. The molecule has 0 aliphatic heterocycles. The zero-order valence-electron chi connectivity index (χ0n) is 31.0. The average molecular weight is 732 g/mol. The molecule has 2 atom stereocenters. The molecule has 2 unspecified atom stereocenters. The van der Waals surface area contributed by atoms with Crippen LogP contribution in [-0.4, -0.2) is 15.0 Å². The molecule has 0 N–H and O–H groups in total. The lowest BCUT2D eigenvalue weighted by Crippen LogP contribution is -2.12. The van der Waals surface area contributed by atoms with E-state index in [1.807, 2.05) is 60.7 Å². The highest BCUT2D eigenvalue weighted by atomic mass is 16.3. The number of hydrogen-bond donors (Lipinski definition) is 0. The molecule has 0 spiro atoms. The minimum absolute atomic E-state index is 0.0493. The lowest BCUT2D eigenvalue weighted by Gasteiger charge is -2.25. The van der Waals surface area contributed by atoms with Gasteiger partial charge in [-0.15, -0.1) is 0 Å². The number of nitrogens with zero attached hydrogens (tertiary/aromatic N) is 3. The Morgan fingerprint density at radius 3 is 1.82 bits per heavy atom. The van der Waals surface area contributed by atoms with Gasteiger partial charge in [0.25, 0.3) is 0 Å². The maximum absolute atomic E-state index is 6.94. The third-order valence-corrected chi connectivity index (χ3v) is 11.8. The fraction of sp³-hybridized carbons (Fsp3) is 0.0577. The van der Waals surface area contributed by atoms with Crippen LogP contribution in [0.5, 0.6) is 0 Å². The van der Waals surface area contributed by atoms with Crippen molar-refractivity contribution in [1.82, 2.24) is 15.0 Å². The van der Waals surface area contributed by atoms with Crippen molar-refractivity contribution in [1.29, 1.82) is 0 Å². The smallest absolute Gasteiger partial charge is 0.167 e. The van der Waals surface area contributed by atoms with E-state index in [1.165, 1.54) is 37.9 Å². The van der Waals surface area contributed by atoms with Crippen LogP contribution in [0.3, 0.4) is 0 Å². The lowest BCUT2D eigenvalue weighted by molar-refractivity contribution is 0.469. The Balaban J connectivity index is 1.01. The van der Waals surface area contributed by atoms with Crippen LogP contribution in [0.4, 0.5) is 0 Å². The number of benzene rings is 8. The van der Waals surface area contributed by atoms with Crippen molar-refractivity contribution < 1.29 is 8.83 Å². The third-order valence-electron chi connectivity index (χ3n) is 11.8. The van der Waals surface area contributed by atoms with Crippen LogP contribution in [-0.2, 0) is 0 Å². The van der Waals surface area contributed by atoms with Crippen molar-refractivity contribution >= 4 is 71.3 Å². The molecule has 268 valence electrons. The summed E-state index contributed by atoms with van der Waals surface area (Å²) in [4.78, 5) is 15.2. The summed E-state index contributed by atoms with van der Waals surface area (Å²) in [6, 6.07) is 55.1. The largest absolute Gasteiger partial charge is 0.460 e. The summed E-state index contributed by atoms with van der Waals surface area (Å²) in [5.41, 5.74) is 7.34. The van der Waals surface area contributed by atoms with E-state index in [1.54, 1.807) is 0 Å². The molecule has 0 saturated carbocycles. The summed E-state index contributed by atoms with van der Waals surface area (Å²) in [6.45, 7) is 2.28. The average Bonchev–Trinajstić information content (AvgIpc) is 3.84. The first-order valence-electron chi connectivity index (χ1n) is 19.5. The Bertz CT molecular complexity index is 3410. The van der Waals surface area contributed by atoms with Crippen LogP contribution in [0.25, 0.3) is 105 Å². The van der Waals surface area contributed by atoms with Gasteiger partial charge in [-0.25, -0.2) is 15.0 Å². The van der Waals surface area contributed by atoms with Gasteiger partial charge in [0.2, 0.25) is 0 Å². The molecular weight excluding hydrogens is 699 g/mol. The van der Waals surface area contributed by atoms with Crippen molar-refractivity contribution in [2.24, 2.45) is 5.92 Å². The molecule has 5 nitrogen and oxygen atoms in total. The Hall–Kier alpha value is -7.37. The monoisotopic (exact) mass is 731 g/mol. The van der Waals surface area contributed by atoms with Crippen molar-refractivity contribution in [2.45, 2.75) is 12.8 Å². The molecule has 8 aromatic carbocycles. The van der Waals surface area contributed by atoms with Gasteiger partial charge in [-0.05, 0) is 74.1 Å². The molecule has 0 fully saturated rings. The molecule has 0 amide bonds. The van der Waals surface area contributed by atoms with Gasteiger partial charge >= 0.3 is 0 Å². The maximum Gasteiger partial charge on any atom is 0.167 e. The zero-order valence-corrected chi connectivity index (χ0v) is 31.0. The summed E-state index contributed by atoms with van der Waals surface area (Å²) >= 11 is 0. The van der Waals surface area contributed by atoms with Crippen LogP contribution in [0, 0.1) is 5.92 Å². The SMILES string of the molecule is CC1C=Cc2c(oc3cc(-c4nc(-c5ccccc5)nc(-c5cccc6c5oc5ccccc56)n4)ccc23)C1c1ccc2c3ccccc3c3ccccc3c2c1. The van der Waals surface area contributed by atoms with E-state index in [4.69, 9.17) is 23.8 Å². The van der Waals surface area contributed by atoms with E-state index in [0.29, 0.717) is 17.5 Å². The molecule has 3 heterocycles. The Labute approximate surface area is 327 Å². The van der Waals surface area contributed by atoms with Crippen molar-refractivity contribution in [3.05, 3.63) is 181 Å². The zero-order chi connectivity index (χ0) is 37.6. The number of hydrogen-bond acceptors (Lipinski definition) is 5. The topological polar surface area (TPSA) is 65.0 Å². The lowest BCUT2D eigenvalue weighted by atomic mass is 9.79. The fourth-order valence-electron chi connectivity index (χ4n) is 9.11. The highest BCUT2D eigenvalue weighted by Gasteiger charge is 2.31. The first kappa shape index (κ1) is 31.9. The highest BCUT2D eigenvalue weighted by molar-refractivity contribution is 6.25. The summed E-state index contributed by atoms with van der Waals surface area (Å²) < 4.78 is 13.4. The summed E-state index contributed by atoms with van der Waals surface area (Å²) in [7, 11) is 0. The van der Waals surface area contributed by atoms with Gasteiger partial charge in [0.15, 0.2) is 17.5 Å². The molecule has 1 aliphatic rings. The van der Waals surface area contributed by atoms with E-state index in [9.17, 15) is 0 Å². The van der Waals surface area contributed by atoms with Crippen molar-refractivity contribution in [3.8, 4) is 34.2 Å². The summed E-state index contributed by atoms with van der Waals surface area (Å²) in [5.74, 6) is 2.99. The van der Waals surface area contributed by atoms with Gasteiger partial charge < -0.3 is 8.83 Å². The van der Waals surface area contributed by atoms with Gasteiger partial charge in [0.05, 0.1) is 5.56 Å². The molecule has 57 heavy (non-hydrogen) atoms. The number of para-hydroxylation sites is 2. The van der Waals surface area contributed by atoms with Crippen LogP contribution in [0.1, 0.15) is 29.7 Å². The minimum atomic E-state index is 0.0493. The van der Waals surface area contributed by atoms with Gasteiger partial charge in [-0.1, -0.05) is 146 Å². The first-order valence-corrected chi connectivity index (χ1v) is 19.5. The minimum Gasteiger partial charge on any atom is -0.460 e. The second kappa shape index (κ2) is 12.3. The fourth-order valence-corrected chi connectivity index (χ4v) is 9.11. The summed E-state index contributed by atoms with van der Waals surface area (Å²) in [5, 5.41) is 10.8. The highest BCUT2D eigenvalue weighted by Crippen LogP contribution is 2.46. The van der Waals surface area contributed by atoms with Crippen LogP contribution in [0.15, 0.2) is 173 Å². The van der Waals surface area contributed by atoms with E-state index in [0.717, 1.165) is 60.9 Å². The molecule has 12 rings (SSSR count). The van der Waals surface area contributed by atoms with Crippen LogP contribution in [0.2, 0.25) is 0 Å². The van der Waals surface area contributed by atoms with E-state index < -0.39 is 0 Å². The van der Waals surface area contributed by atoms with Crippen LogP contribution >= 0.6 is 0 Å². The first-order chi connectivity index (χ1) is 28.2. The molecular formula is C52H33N3O2. The van der Waals surface area contributed by atoms with Gasteiger partial charge in [0, 0.05) is 38.8 Å². The molecule has 3 aromatic heterocycles. The van der Waals surface area contributed by atoms with Gasteiger partial charge in [-0.2, -0.15) is 0 Å². The third kappa shape index (κ3) is 4.92. The standard InChI is InChI=1S/C52H33N3O2/c1-30-22-25-42-40-27-24-33(29-46(40)57-49(42)47(30)32-23-26-38-36-16-6-5-14-34(36)35-15-7-8-17-37(35)44(38)28-32)51-53-50(31-12-3-2-4-13-31)54-52(55-51)43-20-11-19-41-39-18-9-10-21-45(39)56-48(41)43/h2-30,47H,1H3. The second-order valence-corrected chi connectivity index (χ2v) is 15.1. The quantitative estimate of drug-likeness (QED) is 0.169. The molecule has 0 bridgehead atoms. The van der Waals surface area contributed by atoms with E-state index in [2.05, 4.69) is 116 Å².